The number of benzene rings is 1. The van der Waals surface area contributed by atoms with Gasteiger partial charge in [0.25, 0.3) is 0 Å². The van der Waals surface area contributed by atoms with Crippen molar-refractivity contribution in [3.8, 4) is 6.07 Å². The maximum atomic E-state index is 8.88. The van der Waals surface area contributed by atoms with Crippen LogP contribution in [0.15, 0.2) is 29.4 Å². The fourth-order valence-corrected chi connectivity index (χ4v) is 4.41. The number of thioether (sulfide) groups is 1. The van der Waals surface area contributed by atoms with E-state index in [4.69, 9.17) is 10.2 Å². The highest BCUT2D eigenvalue weighted by Gasteiger charge is 2.21. The molecule has 0 N–H and O–H groups in total. The Bertz CT molecular complexity index is 703. The lowest BCUT2D eigenvalue weighted by Crippen LogP contribution is -2.15. The van der Waals surface area contributed by atoms with E-state index in [9.17, 15) is 0 Å². The number of nitriles is 1. The highest BCUT2D eigenvalue weighted by atomic mass is 32.2. The van der Waals surface area contributed by atoms with Crippen LogP contribution in [0.1, 0.15) is 60.7 Å². The van der Waals surface area contributed by atoms with Gasteiger partial charge in [0, 0.05) is 17.5 Å². The molecule has 3 rings (SSSR count). The maximum absolute atomic E-state index is 8.88. The molecule has 4 heteroatoms. The van der Waals surface area contributed by atoms with Crippen LogP contribution in [-0.4, -0.2) is 9.55 Å². The summed E-state index contributed by atoms with van der Waals surface area (Å²) in [6.45, 7) is 4.31. The summed E-state index contributed by atoms with van der Waals surface area (Å²) in [5, 5.41) is 10.0. The normalized spacial score (nSPS) is 15.5. The molecule has 1 saturated carbocycles. The summed E-state index contributed by atoms with van der Waals surface area (Å²) in [4.78, 5) is 4.81. The Labute approximate surface area is 142 Å². The minimum Gasteiger partial charge on any atom is -0.320 e. The Morgan fingerprint density at radius 1 is 1.17 bits per heavy atom. The first kappa shape index (κ1) is 16.1. The van der Waals surface area contributed by atoms with Gasteiger partial charge in [-0.3, -0.25) is 0 Å². The van der Waals surface area contributed by atoms with E-state index in [1.165, 1.54) is 43.4 Å². The molecule has 1 aromatic heterocycles. The van der Waals surface area contributed by atoms with Crippen LogP contribution in [-0.2, 0) is 5.75 Å². The van der Waals surface area contributed by atoms with Crippen molar-refractivity contribution in [3.05, 3.63) is 46.8 Å². The van der Waals surface area contributed by atoms with E-state index in [2.05, 4.69) is 24.5 Å². The minimum atomic E-state index is 0.619. The smallest absolute Gasteiger partial charge is 0.169 e. The first-order chi connectivity index (χ1) is 11.2. The lowest BCUT2D eigenvalue weighted by atomic mass is 9.95. The predicted molar refractivity (Wildman–Crippen MR) is 94.5 cm³/mol. The Kier molecular flexibility index (Phi) is 5.07. The van der Waals surface area contributed by atoms with E-state index < -0.39 is 0 Å². The van der Waals surface area contributed by atoms with E-state index in [0.717, 1.165) is 16.6 Å². The summed E-state index contributed by atoms with van der Waals surface area (Å²) < 4.78 is 2.48. The second-order valence-corrected chi connectivity index (χ2v) is 7.27. The summed E-state index contributed by atoms with van der Waals surface area (Å²) in [5.41, 5.74) is 4.42. The largest absolute Gasteiger partial charge is 0.320 e. The highest BCUT2D eigenvalue weighted by Crippen LogP contribution is 2.35. The van der Waals surface area contributed by atoms with E-state index in [0.29, 0.717) is 11.6 Å². The molecular formula is C19H23N3S. The van der Waals surface area contributed by atoms with Crippen molar-refractivity contribution in [2.45, 2.75) is 62.9 Å². The van der Waals surface area contributed by atoms with Crippen LogP contribution in [0.4, 0.5) is 0 Å². The second-order valence-electron chi connectivity index (χ2n) is 6.32. The monoisotopic (exact) mass is 325 g/mol. The molecule has 0 aliphatic heterocycles. The molecule has 1 aromatic carbocycles. The zero-order valence-electron chi connectivity index (χ0n) is 13.9. The van der Waals surface area contributed by atoms with E-state index in [1.54, 1.807) is 0 Å². The third kappa shape index (κ3) is 3.61. The van der Waals surface area contributed by atoms with Gasteiger partial charge in [-0.1, -0.05) is 43.2 Å². The third-order valence-electron chi connectivity index (χ3n) is 4.75. The Morgan fingerprint density at radius 3 is 2.52 bits per heavy atom. The topological polar surface area (TPSA) is 41.6 Å². The highest BCUT2D eigenvalue weighted by molar-refractivity contribution is 7.98. The van der Waals surface area contributed by atoms with Crippen LogP contribution in [0.25, 0.3) is 0 Å². The second kappa shape index (κ2) is 7.23. The van der Waals surface area contributed by atoms with Gasteiger partial charge in [-0.15, -0.1) is 0 Å². The zero-order valence-corrected chi connectivity index (χ0v) is 14.7. The van der Waals surface area contributed by atoms with Crippen LogP contribution in [0, 0.1) is 25.2 Å². The quantitative estimate of drug-likeness (QED) is 0.728. The first-order valence-electron chi connectivity index (χ1n) is 8.36. The summed E-state index contributed by atoms with van der Waals surface area (Å²) in [7, 11) is 0. The van der Waals surface area contributed by atoms with Crippen molar-refractivity contribution in [1.29, 1.82) is 5.26 Å². The van der Waals surface area contributed by atoms with Gasteiger partial charge in [-0.2, -0.15) is 5.26 Å². The molecule has 0 bridgehead atoms. The van der Waals surface area contributed by atoms with Crippen LogP contribution < -0.4 is 0 Å². The summed E-state index contributed by atoms with van der Waals surface area (Å²) in [6, 6.07) is 10.6. The van der Waals surface area contributed by atoms with Gasteiger partial charge in [0.05, 0.1) is 17.3 Å². The van der Waals surface area contributed by atoms with Crippen LogP contribution >= 0.6 is 11.8 Å². The molecule has 0 spiro atoms. The average Bonchev–Trinajstić information content (AvgIpc) is 2.88. The fourth-order valence-electron chi connectivity index (χ4n) is 3.29. The van der Waals surface area contributed by atoms with Crippen LogP contribution in [0.3, 0.4) is 0 Å². The number of nitrogens with zero attached hydrogens (tertiary/aromatic N) is 3. The van der Waals surface area contributed by atoms with E-state index in [-0.39, 0.29) is 0 Å². The number of aryl methyl sites for hydroxylation is 1. The molecular weight excluding hydrogens is 302 g/mol. The summed E-state index contributed by atoms with van der Waals surface area (Å²) in [6.07, 6.45) is 6.60. The van der Waals surface area contributed by atoms with Gasteiger partial charge in [-0.25, -0.2) is 4.98 Å². The number of rotatable bonds is 4. The third-order valence-corrected chi connectivity index (χ3v) is 5.77. The minimum absolute atomic E-state index is 0.619. The molecule has 1 heterocycles. The molecule has 1 aliphatic rings. The molecule has 3 nitrogen and oxygen atoms in total. The molecule has 0 atom stereocenters. The number of hydrogen-bond donors (Lipinski definition) is 0. The predicted octanol–water partition coefficient (Wildman–Crippen LogP) is 5.17. The van der Waals surface area contributed by atoms with Gasteiger partial charge in [0.1, 0.15) is 0 Å². The number of hydrogen-bond acceptors (Lipinski definition) is 3. The average molecular weight is 325 g/mol. The van der Waals surface area contributed by atoms with Gasteiger partial charge in [0.2, 0.25) is 0 Å². The maximum Gasteiger partial charge on any atom is 0.169 e. The molecule has 0 radical (unpaired) electrons. The molecule has 0 saturated heterocycles. The molecule has 2 aromatic rings. The molecule has 23 heavy (non-hydrogen) atoms. The molecule has 1 fully saturated rings. The van der Waals surface area contributed by atoms with Crippen LogP contribution in [0.5, 0.6) is 0 Å². The van der Waals surface area contributed by atoms with E-state index in [1.807, 2.05) is 36.0 Å². The van der Waals surface area contributed by atoms with Gasteiger partial charge < -0.3 is 4.57 Å². The molecule has 0 unspecified atom stereocenters. The lowest BCUT2D eigenvalue weighted by Gasteiger charge is -2.26. The first-order valence-corrected chi connectivity index (χ1v) is 9.35. The van der Waals surface area contributed by atoms with Crippen molar-refractivity contribution >= 4 is 11.8 Å². The lowest BCUT2D eigenvalue weighted by molar-refractivity contribution is 0.332. The fraction of sp³-hybridized carbons (Fsp3) is 0.474. The van der Waals surface area contributed by atoms with Crippen molar-refractivity contribution in [2.24, 2.45) is 0 Å². The SMILES string of the molecule is Cc1nc(SCc2ccc(C#N)cc2)n(C2CCCCC2)c1C. The van der Waals surface area contributed by atoms with Crippen molar-refractivity contribution in [1.82, 2.24) is 9.55 Å². The Morgan fingerprint density at radius 2 is 1.87 bits per heavy atom. The van der Waals surface area contributed by atoms with Gasteiger partial charge in [-0.05, 0) is 44.4 Å². The molecule has 120 valence electrons. The van der Waals surface area contributed by atoms with Crippen LogP contribution in [0.2, 0.25) is 0 Å². The van der Waals surface area contributed by atoms with Crippen molar-refractivity contribution < 1.29 is 0 Å². The van der Waals surface area contributed by atoms with Crippen molar-refractivity contribution in [3.63, 3.8) is 0 Å². The van der Waals surface area contributed by atoms with Crippen molar-refractivity contribution in [2.75, 3.05) is 0 Å². The van der Waals surface area contributed by atoms with Gasteiger partial charge >= 0.3 is 0 Å². The number of imidazole rings is 1. The summed E-state index contributed by atoms with van der Waals surface area (Å²) >= 11 is 1.81. The molecule has 1 aliphatic carbocycles. The standard InChI is InChI=1S/C19H23N3S/c1-14-15(2)22(18-6-4-3-5-7-18)19(21-14)23-13-17-10-8-16(12-20)9-11-17/h8-11,18H,3-7,13H2,1-2H3. The zero-order chi connectivity index (χ0) is 16.2. The summed E-state index contributed by atoms with van der Waals surface area (Å²) in [5.74, 6) is 0.897. The Balaban J connectivity index is 1.76. The number of aromatic nitrogens is 2. The van der Waals surface area contributed by atoms with E-state index >= 15 is 0 Å². The Hall–Kier alpha value is -1.73. The molecule has 0 amide bonds. The van der Waals surface area contributed by atoms with Gasteiger partial charge in [0.15, 0.2) is 5.16 Å².